The fourth-order valence-electron chi connectivity index (χ4n) is 3.59. The van der Waals surface area contributed by atoms with Crippen LogP contribution in [0.3, 0.4) is 0 Å². The van der Waals surface area contributed by atoms with Gasteiger partial charge in [0, 0.05) is 27.7 Å². The minimum atomic E-state index is -0.454. The molecule has 0 atom stereocenters. The molecule has 0 aliphatic rings. The molecule has 180 valence electrons. The number of halogens is 2. The van der Waals surface area contributed by atoms with Gasteiger partial charge in [-0.1, -0.05) is 47.5 Å². The van der Waals surface area contributed by atoms with Gasteiger partial charge in [-0.25, -0.2) is 4.98 Å². The number of carbonyl (C=O) groups excluding carboxylic acids is 1. The zero-order valence-corrected chi connectivity index (χ0v) is 21.3. The van der Waals surface area contributed by atoms with Gasteiger partial charge >= 0.3 is 0 Å². The fourth-order valence-corrected chi connectivity index (χ4v) is 4.15. The molecule has 0 bridgehead atoms. The summed E-state index contributed by atoms with van der Waals surface area (Å²) >= 11 is 17.5. The van der Waals surface area contributed by atoms with E-state index in [0.29, 0.717) is 33.7 Å². The molecule has 0 saturated heterocycles. The maximum atomic E-state index is 12.6. The van der Waals surface area contributed by atoms with Gasteiger partial charge in [0.05, 0.1) is 0 Å². The number of rotatable bonds is 5. The van der Waals surface area contributed by atoms with Crippen molar-refractivity contribution >= 4 is 63.2 Å². The molecular weight excluding hydrogens is 517 g/mol. The molecule has 0 radical (unpaired) electrons. The number of amides is 1. The molecule has 9 heteroatoms. The molecule has 2 N–H and O–H groups in total. The first-order chi connectivity index (χ1) is 17.3. The number of hydrogen-bond donors (Lipinski definition) is 2. The van der Waals surface area contributed by atoms with Crippen LogP contribution in [0.5, 0.6) is 0 Å². The van der Waals surface area contributed by atoms with E-state index in [0.717, 1.165) is 27.9 Å². The Balaban J connectivity index is 1.18. The van der Waals surface area contributed by atoms with Crippen molar-refractivity contribution in [1.29, 1.82) is 0 Å². The van der Waals surface area contributed by atoms with Gasteiger partial charge in [0.15, 0.2) is 22.3 Å². The van der Waals surface area contributed by atoms with Crippen molar-refractivity contribution in [2.45, 2.75) is 13.3 Å². The molecule has 36 heavy (non-hydrogen) atoms. The van der Waals surface area contributed by atoms with Crippen molar-refractivity contribution in [2.24, 2.45) is 0 Å². The average Bonchev–Trinajstić information content (AvgIpc) is 3.49. The first-order valence-electron chi connectivity index (χ1n) is 11.0. The second-order valence-corrected chi connectivity index (χ2v) is 9.38. The van der Waals surface area contributed by atoms with Crippen molar-refractivity contribution in [2.75, 3.05) is 5.32 Å². The molecule has 3 aromatic carbocycles. The molecule has 0 aliphatic carbocycles. The quantitative estimate of drug-likeness (QED) is 0.228. The van der Waals surface area contributed by atoms with E-state index in [1.165, 1.54) is 0 Å². The zero-order valence-electron chi connectivity index (χ0n) is 19.0. The third-order valence-electron chi connectivity index (χ3n) is 5.47. The molecule has 5 rings (SSSR count). The number of benzene rings is 3. The SMILES string of the molecule is Cc1ccc(-c2ccc(C(=O)NC(=S)Nc3ccc(Cc4nc5cc(Cl)ccc5o4)cc3)o2)cc1Cl. The molecular formula is C27H19Cl2N3O3S. The highest BCUT2D eigenvalue weighted by Gasteiger charge is 2.14. The van der Waals surface area contributed by atoms with Crippen LogP contribution in [0.15, 0.2) is 81.6 Å². The number of nitrogens with one attached hydrogen (secondary N) is 2. The molecule has 0 fully saturated rings. The number of oxazole rings is 1. The van der Waals surface area contributed by atoms with Crippen molar-refractivity contribution in [3.05, 3.63) is 106 Å². The Bertz CT molecular complexity index is 1590. The highest BCUT2D eigenvalue weighted by molar-refractivity contribution is 7.80. The summed E-state index contributed by atoms with van der Waals surface area (Å²) in [5.41, 5.74) is 4.90. The molecule has 0 aliphatic heterocycles. The molecule has 0 saturated carbocycles. The van der Waals surface area contributed by atoms with Gasteiger partial charge in [-0.2, -0.15) is 0 Å². The Morgan fingerprint density at radius 3 is 2.56 bits per heavy atom. The molecule has 2 heterocycles. The van der Waals surface area contributed by atoms with Gasteiger partial charge in [0.25, 0.3) is 5.91 Å². The van der Waals surface area contributed by atoms with Crippen LogP contribution >= 0.6 is 35.4 Å². The highest BCUT2D eigenvalue weighted by atomic mass is 35.5. The van der Waals surface area contributed by atoms with Crippen LogP contribution in [0.2, 0.25) is 10.0 Å². The normalized spacial score (nSPS) is 11.0. The number of carbonyl (C=O) groups is 1. The van der Waals surface area contributed by atoms with E-state index < -0.39 is 5.91 Å². The van der Waals surface area contributed by atoms with Crippen LogP contribution in [0, 0.1) is 6.92 Å². The number of furan rings is 1. The van der Waals surface area contributed by atoms with Crippen LogP contribution in [0.25, 0.3) is 22.4 Å². The lowest BCUT2D eigenvalue weighted by Gasteiger charge is -2.09. The monoisotopic (exact) mass is 535 g/mol. The van der Waals surface area contributed by atoms with Gasteiger partial charge in [-0.15, -0.1) is 0 Å². The minimum Gasteiger partial charge on any atom is -0.451 e. The summed E-state index contributed by atoms with van der Waals surface area (Å²) < 4.78 is 11.5. The summed E-state index contributed by atoms with van der Waals surface area (Å²) in [6.07, 6.45) is 0.529. The standard InChI is InChI=1S/C27H19Cl2N3O3S/c1-15-2-5-17(13-20(15)29)22-10-11-24(34-22)26(33)32-27(36)30-19-7-3-16(4-8-19)12-25-31-21-14-18(28)6-9-23(21)35-25/h2-11,13-14H,12H2,1H3,(H2,30,32,33,36). The number of anilines is 1. The lowest BCUT2D eigenvalue weighted by Crippen LogP contribution is -2.33. The Morgan fingerprint density at radius 2 is 1.78 bits per heavy atom. The lowest BCUT2D eigenvalue weighted by atomic mass is 10.1. The van der Waals surface area contributed by atoms with Gasteiger partial charge in [0.1, 0.15) is 11.3 Å². The van der Waals surface area contributed by atoms with Crippen molar-refractivity contribution in [3.8, 4) is 11.3 Å². The van der Waals surface area contributed by atoms with E-state index in [2.05, 4.69) is 15.6 Å². The maximum absolute atomic E-state index is 12.6. The lowest BCUT2D eigenvalue weighted by molar-refractivity contribution is 0.0951. The molecule has 1 amide bonds. The average molecular weight is 536 g/mol. The predicted octanol–water partition coefficient (Wildman–Crippen LogP) is 7.42. The topological polar surface area (TPSA) is 80.3 Å². The second-order valence-electron chi connectivity index (χ2n) is 8.13. The van der Waals surface area contributed by atoms with E-state index in [-0.39, 0.29) is 10.9 Å². The third kappa shape index (κ3) is 5.44. The first kappa shape index (κ1) is 24.1. The van der Waals surface area contributed by atoms with Crippen LogP contribution in [-0.4, -0.2) is 16.0 Å². The first-order valence-corrected chi connectivity index (χ1v) is 12.1. The molecule has 5 aromatic rings. The van der Waals surface area contributed by atoms with E-state index in [1.807, 2.05) is 43.3 Å². The number of aryl methyl sites for hydroxylation is 1. The number of fused-ring (bicyclic) bond motifs is 1. The Hall–Kier alpha value is -3.65. The zero-order chi connectivity index (χ0) is 25.2. The van der Waals surface area contributed by atoms with E-state index in [1.54, 1.807) is 36.4 Å². The van der Waals surface area contributed by atoms with Crippen molar-refractivity contribution in [3.63, 3.8) is 0 Å². The number of nitrogens with zero attached hydrogens (tertiary/aromatic N) is 1. The summed E-state index contributed by atoms with van der Waals surface area (Å²) in [5.74, 6) is 0.825. The summed E-state index contributed by atoms with van der Waals surface area (Å²) in [5, 5.41) is 7.03. The largest absolute Gasteiger partial charge is 0.451 e. The van der Waals surface area contributed by atoms with Gasteiger partial charge < -0.3 is 14.2 Å². The van der Waals surface area contributed by atoms with Crippen LogP contribution in [0.1, 0.15) is 27.6 Å². The van der Waals surface area contributed by atoms with Crippen LogP contribution in [0.4, 0.5) is 5.69 Å². The molecule has 2 aromatic heterocycles. The third-order valence-corrected chi connectivity index (χ3v) is 6.32. The van der Waals surface area contributed by atoms with E-state index in [9.17, 15) is 4.79 Å². The van der Waals surface area contributed by atoms with Crippen LogP contribution in [-0.2, 0) is 6.42 Å². The van der Waals surface area contributed by atoms with Gasteiger partial charge in [-0.05, 0) is 78.8 Å². The predicted molar refractivity (Wildman–Crippen MR) is 146 cm³/mol. The summed E-state index contributed by atoms with van der Waals surface area (Å²) in [4.78, 5) is 17.1. The summed E-state index contributed by atoms with van der Waals surface area (Å²) in [6.45, 7) is 1.92. The smallest absolute Gasteiger partial charge is 0.293 e. The number of hydrogen-bond acceptors (Lipinski definition) is 5. The Labute approximate surface area is 222 Å². The van der Waals surface area contributed by atoms with Gasteiger partial charge in [-0.3, -0.25) is 10.1 Å². The Kier molecular flexibility index (Phi) is 6.78. The molecule has 0 spiro atoms. The molecule has 6 nitrogen and oxygen atoms in total. The Morgan fingerprint density at radius 1 is 0.972 bits per heavy atom. The fraction of sp³-hybridized carbons (Fsp3) is 0.0741. The summed E-state index contributed by atoms with van der Waals surface area (Å²) in [7, 11) is 0. The highest BCUT2D eigenvalue weighted by Crippen LogP contribution is 2.27. The minimum absolute atomic E-state index is 0.140. The maximum Gasteiger partial charge on any atom is 0.293 e. The summed E-state index contributed by atoms with van der Waals surface area (Å²) in [6, 6.07) is 21.8. The molecule has 0 unspecified atom stereocenters. The van der Waals surface area contributed by atoms with Gasteiger partial charge in [0.2, 0.25) is 0 Å². The second kappa shape index (κ2) is 10.1. The number of aromatic nitrogens is 1. The van der Waals surface area contributed by atoms with Crippen molar-refractivity contribution < 1.29 is 13.6 Å². The van der Waals surface area contributed by atoms with E-state index >= 15 is 0 Å². The van der Waals surface area contributed by atoms with Crippen molar-refractivity contribution in [1.82, 2.24) is 10.3 Å². The number of thiocarbonyl (C=S) groups is 1. The van der Waals surface area contributed by atoms with E-state index in [4.69, 9.17) is 44.3 Å². The van der Waals surface area contributed by atoms with Crippen LogP contribution < -0.4 is 10.6 Å².